The summed E-state index contributed by atoms with van der Waals surface area (Å²) < 4.78 is 6.05. The smallest absolute Gasteiger partial charge is 0.328 e. The lowest BCUT2D eigenvalue weighted by molar-refractivity contribution is -0.150. The van der Waals surface area contributed by atoms with E-state index in [4.69, 9.17) is 14.9 Å². The molecule has 0 heterocycles. The molecule has 0 aliphatic heterocycles. The van der Waals surface area contributed by atoms with Gasteiger partial charge in [-0.2, -0.15) is 0 Å². The van der Waals surface area contributed by atoms with Crippen molar-refractivity contribution in [3.8, 4) is 0 Å². The van der Waals surface area contributed by atoms with E-state index in [9.17, 15) is 19.2 Å². The van der Waals surface area contributed by atoms with Crippen LogP contribution < -0.4 is 10.6 Å². The number of carboxylic acids is 1. The van der Waals surface area contributed by atoms with Crippen molar-refractivity contribution < 1.29 is 34.1 Å². The first kappa shape index (κ1) is 61.3. The van der Waals surface area contributed by atoms with Crippen LogP contribution in [0.4, 0.5) is 0 Å². The number of rotatable bonds is 50. The molecule has 9 heteroatoms. The molecule has 2 amide bonds. The molecule has 2 unspecified atom stereocenters. The number of hydrogen-bond donors (Lipinski definition) is 4. The fourth-order valence-corrected chi connectivity index (χ4v) is 8.28. The fourth-order valence-electron chi connectivity index (χ4n) is 8.28. The van der Waals surface area contributed by atoms with Gasteiger partial charge in [-0.25, -0.2) is 4.79 Å². The van der Waals surface area contributed by atoms with Crippen molar-refractivity contribution in [3.05, 3.63) is 24.3 Å². The molecule has 0 aromatic heterocycles. The van der Waals surface area contributed by atoms with Gasteiger partial charge in [-0.1, -0.05) is 224 Å². The van der Waals surface area contributed by atoms with Crippen LogP contribution >= 0.6 is 0 Å². The molecule has 0 saturated heterocycles. The second kappa shape index (κ2) is 49.7. The van der Waals surface area contributed by atoms with Crippen molar-refractivity contribution >= 4 is 23.8 Å². The van der Waals surface area contributed by atoms with Crippen molar-refractivity contribution in [2.24, 2.45) is 0 Å². The monoisotopic (exact) mass is 903 g/mol. The molecule has 64 heavy (non-hydrogen) atoms. The average Bonchev–Trinajstić information content (AvgIpc) is 3.28. The van der Waals surface area contributed by atoms with Crippen LogP contribution in [0.25, 0.3) is 0 Å². The Bertz CT molecular complexity index is 1130. The molecule has 9 nitrogen and oxygen atoms in total. The maximum atomic E-state index is 12.9. The number of aliphatic carboxylic acids is 1. The first-order chi connectivity index (χ1) is 31.3. The molecular formula is C55H102N2O7. The van der Waals surface area contributed by atoms with Crippen LogP contribution in [0, 0.1) is 0 Å². The number of unbranched alkanes of at least 4 members (excludes halogenated alkanes) is 32. The zero-order chi connectivity index (χ0) is 46.8. The molecule has 0 aromatic carbocycles. The van der Waals surface area contributed by atoms with Gasteiger partial charge < -0.3 is 25.6 Å². The first-order valence-electron chi connectivity index (χ1n) is 27.2. The van der Waals surface area contributed by atoms with Gasteiger partial charge in [0.2, 0.25) is 11.8 Å². The zero-order valence-corrected chi connectivity index (χ0v) is 41.8. The molecule has 0 bridgehead atoms. The number of nitrogens with one attached hydrogen (secondary N) is 2. The van der Waals surface area contributed by atoms with Crippen molar-refractivity contribution in [3.63, 3.8) is 0 Å². The summed E-state index contributed by atoms with van der Waals surface area (Å²) in [6, 6.07) is -1.38. The fraction of sp³-hybridized carbons (Fsp3) is 0.855. The third-order valence-electron chi connectivity index (χ3n) is 12.5. The lowest BCUT2D eigenvalue weighted by Crippen LogP contribution is -2.47. The SMILES string of the molecule is CCCCCCC/C=C\C/C=C\CCCC(CCCCCCCC(=O)NCC(=O)NC(CO)C(=O)O)OC(=O)CCCCCCCCCCCCCCCCCCCCCCCCC. The summed E-state index contributed by atoms with van der Waals surface area (Å²) in [5.74, 6) is -2.30. The van der Waals surface area contributed by atoms with Gasteiger partial charge in [0.25, 0.3) is 0 Å². The number of aliphatic hydroxyl groups is 1. The quantitative estimate of drug-likeness (QED) is 0.0270. The highest BCUT2D eigenvalue weighted by atomic mass is 16.5. The molecule has 0 rings (SSSR count). The topological polar surface area (TPSA) is 142 Å². The number of allylic oxidation sites excluding steroid dienone is 4. The lowest BCUT2D eigenvalue weighted by Gasteiger charge is -2.18. The van der Waals surface area contributed by atoms with Gasteiger partial charge in [-0.3, -0.25) is 14.4 Å². The van der Waals surface area contributed by atoms with E-state index >= 15 is 0 Å². The van der Waals surface area contributed by atoms with Gasteiger partial charge in [0.05, 0.1) is 13.2 Å². The lowest BCUT2D eigenvalue weighted by atomic mass is 10.0. The van der Waals surface area contributed by atoms with Gasteiger partial charge in [0.15, 0.2) is 0 Å². The number of esters is 1. The van der Waals surface area contributed by atoms with Gasteiger partial charge in [0, 0.05) is 12.8 Å². The Hall–Kier alpha value is -2.68. The molecule has 0 aromatic rings. The van der Waals surface area contributed by atoms with E-state index < -0.39 is 24.5 Å². The van der Waals surface area contributed by atoms with Gasteiger partial charge >= 0.3 is 11.9 Å². The Kier molecular flexibility index (Phi) is 47.7. The Labute approximate surface area is 394 Å². The van der Waals surface area contributed by atoms with Crippen LogP contribution in [0.5, 0.6) is 0 Å². The minimum absolute atomic E-state index is 0.0541. The van der Waals surface area contributed by atoms with Crippen LogP contribution in [0.15, 0.2) is 24.3 Å². The molecule has 0 radical (unpaired) electrons. The Morgan fingerprint density at radius 2 is 0.859 bits per heavy atom. The van der Waals surface area contributed by atoms with Crippen LogP contribution in [-0.4, -0.2) is 59.3 Å². The molecule has 4 N–H and O–H groups in total. The Morgan fingerprint density at radius 1 is 0.469 bits per heavy atom. The van der Waals surface area contributed by atoms with E-state index in [1.165, 1.54) is 173 Å². The van der Waals surface area contributed by atoms with Crippen LogP contribution in [0.2, 0.25) is 0 Å². The maximum Gasteiger partial charge on any atom is 0.328 e. The van der Waals surface area contributed by atoms with E-state index in [1.807, 2.05) is 0 Å². The molecule has 2 atom stereocenters. The normalized spacial score (nSPS) is 12.5. The highest BCUT2D eigenvalue weighted by Gasteiger charge is 2.19. The summed E-state index contributed by atoms with van der Waals surface area (Å²) in [6.45, 7) is 3.50. The summed E-state index contributed by atoms with van der Waals surface area (Å²) in [5.41, 5.74) is 0. The summed E-state index contributed by atoms with van der Waals surface area (Å²) in [4.78, 5) is 47.8. The number of carbonyl (C=O) groups is 4. The molecular weight excluding hydrogens is 801 g/mol. The van der Waals surface area contributed by atoms with Crippen molar-refractivity contribution in [2.75, 3.05) is 13.2 Å². The predicted octanol–water partition coefficient (Wildman–Crippen LogP) is 14.7. The average molecular weight is 903 g/mol. The largest absolute Gasteiger partial charge is 0.480 e. The summed E-state index contributed by atoms with van der Waals surface area (Å²) in [7, 11) is 0. The second-order valence-electron chi connectivity index (χ2n) is 18.7. The van der Waals surface area contributed by atoms with E-state index in [-0.39, 0.29) is 30.9 Å². The van der Waals surface area contributed by atoms with E-state index in [0.717, 1.165) is 70.6 Å². The van der Waals surface area contributed by atoms with E-state index in [2.05, 4.69) is 48.8 Å². The van der Waals surface area contributed by atoms with E-state index in [1.54, 1.807) is 0 Å². The highest BCUT2D eigenvalue weighted by Crippen LogP contribution is 2.19. The van der Waals surface area contributed by atoms with Gasteiger partial charge in [-0.05, 0) is 64.2 Å². The van der Waals surface area contributed by atoms with Crippen molar-refractivity contribution in [1.82, 2.24) is 10.6 Å². The first-order valence-corrected chi connectivity index (χ1v) is 27.2. The number of ether oxygens (including phenoxy) is 1. The molecule has 0 spiro atoms. The Morgan fingerprint density at radius 3 is 1.31 bits per heavy atom. The van der Waals surface area contributed by atoms with Crippen molar-refractivity contribution in [1.29, 1.82) is 0 Å². The van der Waals surface area contributed by atoms with Gasteiger partial charge in [-0.15, -0.1) is 0 Å². The third kappa shape index (κ3) is 45.9. The van der Waals surface area contributed by atoms with Crippen LogP contribution in [0.1, 0.15) is 277 Å². The molecule has 0 aliphatic rings. The van der Waals surface area contributed by atoms with Crippen molar-refractivity contribution in [2.45, 2.75) is 289 Å². The molecule has 0 saturated carbocycles. The number of hydrogen-bond acceptors (Lipinski definition) is 6. The minimum Gasteiger partial charge on any atom is -0.480 e. The van der Waals surface area contributed by atoms with Crippen LogP contribution in [-0.2, 0) is 23.9 Å². The number of carbonyl (C=O) groups excluding carboxylic acids is 3. The Balaban J connectivity index is 4.20. The maximum absolute atomic E-state index is 12.9. The third-order valence-corrected chi connectivity index (χ3v) is 12.5. The standard InChI is InChI=1S/C55H102N2O7/c1-3-5-7-9-11-13-15-17-18-19-20-21-22-23-24-25-26-28-30-32-34-39-43-47-54(61)64-50(44-40-36-33-31-29-27-16-14-12-10-8-6-4-2)45-41-37-35-38-42-46-52(59)56-48-53(60)57-51(49-58)55(62)63/h16,27,31,33,50-51,58H,3-15,17-26,28-30,32,34-49H2,1-2H3,(H,56,59)(H,57,60)(H,62,63)/b27-16-,33-31-. The number of aliphatic hydroxyl groups excluding tert-OH is 1. The molecule has 0 fully saturated rings. The summed E-state index contributed by atoms with van der Waals surface area (Å²) >= 11 is 0. The predicted molar refractivity (Wildman–Crippen MR) is 268 cm³/mol. The van der Waals surface area contributed by atoms with Crippen LogP contribution in [0.3, 0.4) is 0 Å². The summed E-state index contributed by atoms with van der Waals surface area (Å²) in [5, 5.41) is 22.6. The highest BCUT2D eigenvalue weighted by molar-refractivity contribution is 5.87. The summed E-state index contributed by atoms with van der Waals surface area (Å²) in [6.07, 6.45) is 58.0. The number of amides is 2. The minimum atomic E-state index is -1.38. The zero-order valence-electron chi connectivity index (χ0n) is 41.8. The molecule has 0 aliphatic carbocycles. The molecule has 374 valence electrons. The van der Waals surface area contributed by atoms with Gasteiger partial charge in [0.1, 0.15) is 12.1 Å². The number of carboxylic acid groups (broad SMARTS) is 1. The van der Waals surface area contributed by atoms with E-state index in [0.29, 0.717) is 12.8 Å². The second-order valence-corrected chi connectivity index (χ2v) is 18.7.